The molecule has 88 valence electrons. The van der Waals surface area contributed by atoms with E-state index < -0.39 is 0 Å². The van der Waals surface area contributed by atoms with Gasteiger partial charge in [0.25, 0.3) is 0 Å². The van der Waals surface area contributed by atoms with E-state index in [2.05, 4.69) is 12.2 Å². The highest BCUT2D eigenvalue weighted by Gasteiger charge is 2.24. The Hall–Kier alpha value is -0.570. The maximum absolute atomic E-state index is 11.8. The summed E-state index contributed by atoms with van der Waals surface area (Å²) < 4.78 is 0. The minimum Gasteiger partial charge on any atom is -0.354 e. The number of carbonyl (C=O) groups is 1. The van der Waals surface area contributed by atoms with Crippen molar-refractivity contribution < 1.29 is 4.79 Å². The van der Waals surface area contributed by atoms with E-state index in [1.807, 2.05) is 6.92 Å². The zero-order valence-corrected chi connectivity index (χ0v) is 9.96. The number of hydrogen-bond donors (Lipinski definition) is 2. The van der Waals surface area contributed by atoms with Crippen LogP contribution in [0.15, 0.2) is 0 Å². The Bertz CT molecular complexity index is 198. The molecule has 1 saturated carbocycles. The van der Waals surface area contributed by atoms with Gasteiger partial charge >= 0.3 is 0 Å². The third-order valence-corrected chi connectivity index (χ3v) is 3.45. The second-order valence-electron chi connectivity index (χ2n) is 4.87. The average molecular weight is 212 g/mol. The van der Waals surface area contributed by atoms with Crippen LogP contribution < -0.4 is 11.1 Å². The Morgan fingerprint density at radius 3 is 2.53 bits per heavy atom. The molecular weight excluding hydrogens is 188 g/mol. The van der Waals surface area contributed by atoms with Crippen LogP contribution in [0.1, 0.15) is 46.0 Å². The summed E-state index contributed by atoms with van der Waals surface area (Å²) >= 11 is 0. The molecule has 0 spiro atoms. The molecule has 1 aliphatic rings. The third-order valence-electron chi connectivity index (χ3n) is 3.45. The number of nitrogens with one attached hydrogen (secondary N) is 1. The summed E-state index contributed by atoms with van der Waals surface area (Å²) in [7, 11) is 0. The van der Waals surface area contributed by atoms with Gasteiger partial charge in [-0.2, -0.15) is 0 Å². The molecule has 1 aliphatic carbocycles. The molecule has 1 atom stereocenters. The van der Waals surface area contributed by atoms with Crippen molar-refractivity contribution in [2.75, 3.05) is 6.54 Å². The molecule has 0 bridgehead atoms. The van der Waals surface area contributed by atoms with E-state index >= 15 is 0 Å². The smallest absolute Gasteiger partial charge is 0.223 e. The molecule has 0 aromatic heterocycles. The average Bonchev–Trinajstić information content (AvgIpc) is 2.26. The molecule has 3 nitrogen and oxygen atoms in total. The Morgan fingerprint density at radius 1 is 1.40 bits per heavy atom. The van der Waals surface area contributed by atoms with Crippen LogP contribution >= 0.6 is 0 Å². The molecule has 0 heterocycles. The standard InChI is InChI=1S/C12H24N2O/c1-3-11(13)8-14-12(15)10-6-4-9(2)5-7-10/h9-11H,3-8,13H2,1-2H3,(H,14,15). The Morgan fingerprint density at radius 2 is 2.00 bits per heavy atom. The molecular formula is C12H24N2O. The molecule has 3 heteroatoms. The Labute approximate surface area is 92.8 Å². The van der Waals surface area contributed by atoms with Crippen molar-refractivity contribution in [2.45, 2.75) is 52.0 Å². The number of rotatable bonds is 4. The van der Waals surface area contributed by atoms with Gasteiger partial charge in [-0.25, -0.2) is 0 Å². The van der Waals surface area contributed by atoms with Crippen LogP contribution in [0, 0.1) is 11.8 Å². The first-order valence-corrected chi connectivity index (χ1v) is 6.16. The fourth-order valence-corrected chi connectivity index (χ4v) is 2.04. The lowest BCUT2D eigenvalue weighted by Gasteiger charge is -2.25. The van der Waals surface area contributed by atoms with Crippen LogP contribution in [0.2, 0.25) is 0 Å². The normalized spacial score (nSPS) is 28.5. The summed E-state index contributed by atoms with van der Waals surface area (Å²) in [4.78, 5) is 11.8. The summed E-state index contributed by atoms with van der Waals surface area (Å²) in [6, 6.07) is 0.108. The maximum Gasteiger partial charge on any atom is 0.223 e. The van der Waals surface area contributed by atoms with Crippen LogP contribution in [0.4, 0.5) is 0 Å². The van der Waals surface area contributed by atoms with E-state index in [9.17, 15) is 4.79 Å². The topological polar surface area (TPSA) is 55.1 Å². The minimum atomic E-state index is 0.108. The molecule has 0 aromatic rings. The van der Waals surface area contributed by atoms with Crippen LogP contribution in [0.5, 0.6) is 0 Å². The third kappa shape index (κ3) is 4.20. The minimum absolute atomic E-state index is 0.108. The van der Waals surface area contributed by atoms with Crippen molar-refractivity contribution in [1.29, 1.82) is 0 Å². The SMILES string of the molecule is CCC(N)CNC(=O)C1CCC(C)CC1. The van der Waals surface area contributed by atoms with E-state index in [-0.39, 0.29) is 17.9 Å². The van der Waals surface area contributed by atoms with E-state index in [4.69, 9.17) is 5.73 Å². The second kappa shape index (κ2) is 6.11. The zero-order chi connectivity index (χ0) is 11.3. The van der Waals surface area contributed by atoms with Gasteiger partial charge in [0, 0.05) is 18.5 Å². The van der Waals surface area contributed by atoms with Gasteiger partial charge in [0.05, 0.1) is 0 Å². The number of hydrogen-bond acceptors (Lipinski definition) is 2. The molecule has 3 N–H and O–H groups in total. The summed E-state index contributed by atoms with van der Waals surface area (Å²) in [5, 5.41) is 2.95. The second-order valence-corrected chi connectivity index (χ2v) is 4.87. The zero-order valence-electron chi connectivity index (χ0n) is 9.96. The molecule has 1 unspecified atom stereocenters. The van der Waals surface area contributed by atoms with E-state index in [1.165, 1.54) is 12.8 Å². The highest BCUT2D eigenvalue weighted by molar-refractivity contribution is 5.78. The van der Waals surface area contributed by atoms with Crippen molar-refractivity contribution in [2.24, 2.45) is 17.6 Å². The van der Waals surface area contributed by atoms with Crippen molar-refractivity contribution in [3.05, 3.63) is 0 Å². The van der Waals surface area contributed by atoms with Crippen molar-refractivity contribution >= 4 is 5.91 Å². The van der Waals surface area contributed by atoms with E-state index in [0.717, 1.165) is 25.2 Å². The summed E-state index contributed by atoms with van der Waals surface area (Å²) in [6.07, 6.45) is 5.40. The molecule has 0 saturated heterocycles. The van der Waals surface area contributed by atoms with Gasteiger partial charge in [-0.3, -0.25) is 4.79 Å². The summed E-state index contributed by atoms with van der Waals surface area (Å²) in [5.74, 6) is 1.25. The fraction of sp³-hybridized carbons (Fsp3) is 0.917. The lowest BCUT2D eigenvalue weighted by atomic mass is 9.82. The van der Waals surface area contributed by atoms with Crippen LogP contribution in [0.3, 0.4) is 0 Å². The first-order chi connectivity index (χ1) is 7.13. The van der Waals surface area contributed by atoms with Crippen LogP contribution in [-0.4, -0.2) is 18.5 Å². The van der Waals surface area contributed by atoms with Gasteiger partial charge in [-0.05, 0) is 38.0 Å². The van der Waals surface area contributed by atoms with E-state index in [0.29, 0.717) is 6.54 Å². The Balaban J connectivity index is 2.22. The maximum atomic E-state index is 11.8. The highest BCUT2D eigenvalue weighted by atomic mass is 16.1. The predicted molar refractivity (Wildman–Crippen MR) is 62.4 cm³/mol. The number of nitrogens with two attached hydrogens (primary N) is 1. The number of carbonyl (C=O) groups excluding carboxylic acids is 1. The van der Waals surface area contributed by atoms with Crippen LogP contribution in [-0.2, 0) is 4.79 Å². The lowest BCUT2D eigenvalue weighted by molar-refractivity contribution is -0.126. The molecule has 15 heavy (non-hydrogen) atoms. The van der Waals surface area contributed by atoms with Crippen LogP contribution in [0.25, 0.3) is 0 Å². The van der Waals surface area contributed by atoms with Crippen molar-refractivity contribution in [3.8, 4) is 0 Å². The molecule has 0 aliphatic heterocycles. The fourth-order valence-electron chi connectivity index (χ4n) is 2.04. The predicted octanol–water partition coefficient (Wildman–Crippen LogP) is 1.67. The molecule has 0 radical (unpaired) electrons. The number of amides is 1. The summed E-state index contributed by atoms with van der Waals surface area (Å²) in [5.41, 5.74) is 5.76. The monoisotopic (exact) mass is 212 g/mol. The largest absolute Gasteiger partial charge is 0.354 e. The molecule has 0 aromatic carbocycles. The molecule has 1 rings (SSSR count). The van der Waals surface area contributed by atoms with Gasteiger partial charge in [0.15, 0.2) is 0 Å². The van der Waals surface area contributed by atoms with E-state index in [1.54, 1.807) is 0 Å². The summed E-state index contributed by atoms with van der Waals surface area (Å²) in [6.45, 7) is 4.93. The lowest BCUT2D eigenvalue weighted by Crippen LogP contribution is -2.40. The van der Waals surface area contributed by atoms with Gasteiger partial charge in [-0.15, -0.1) is 0 Å². The molecule has 1 fully saturated rings. The quantitative estimate of drug-likeness (QED) is 0.744. The highest BCUT2D eigenvalue weighted by Crippen LogP contribution is 2.28. The Kier molecular flexibility index (Phi) is 5.09. The van der Waals surface area contributed by atoms with Gasteiger partial charge in [-0.1, -0.05) is 13.8 Å². The molecule has 1 amide bonds. The first kappa shape index (κ1) is 12.5. The van der Waals surface area contributed by atoms with Gasteiger partial charge < -0.3 is 11.1 Å². The van der Waals surface area contributed by atoms with Gasteiger partial charge in [0.2, 0.25) is 5.91 Å². The first-order valence-electron chi connectivity index (χ1n) is 6.16. The van der Waals surface area contributed by atoms with Crippen molar-refractivity contribution in [3.63, 3.8) is 0 Å². The van der Waals surface area contributed by atoms with Gasteiger partial charge in [0.1, 0.15) is 0 Å². The van der Waals surface area contributed by atoms with Crippen molar-refractivity contribution in [1.82, 2.24) is 5.32 Å².